The second-order valence-electron chi connectivity index (χ2n) is 4.81. The number of benzene rings is 1. The number of aliphatic hydroxyl groups is 1. The molecule has 2 nitrogen and oxygen atoms in total. The second-order valence-corrected chi connectivity index (χ2v) is 4.81. The Morgan fingerprint density at radius 2 is 1.67 bits per heavy atom. The van der Waals surface area contributed by atoms with E-state index in [4.69, 9.17) is 4.74 Å². The first-order valence-corrected chi connectivity index (χ1v) is 7.19. The molecule has 0 radical (unpaired) electrons. The molecular weight excluding hydrogens is 224 g/mol. The molecule has 0 aliphatic rings. The summed E-state index contributed by atoms with van der Waals surface area (Å²) in [6.45, 7) is 2.93. The van der Waals surface area contributed by atoms with E-state index in [-0.39, 0.29) is 6.10 Å². The van der Waals surface area contributed by atoms with E-state index in [9.17, 15) is 5.11 Å². The number of para-hydroxylation sites is 1. The Morgan fingerprint density at radius 1 is 1.00 bits per heavy atom. The Hall–Kier alpha value is -1.02. The second kappa shape index (κ2) is 9.95. The molecule has 0 heterocycles. The lowest BCUT2D eigenvalue weighted by Crippen LogP contribution is -2.07. The molecule has 18 heavy (non-hydrogen) atoms. The van der Waals surface area contributed by atoms with E-state index in [1.807, 2.05) is 30.3 Å². The summed E-state index contributed by atoms with van der Waals surface area (Å²) >= 11 is 0. The van der Waals surface area contributed by atoms with Crippen molar-refractivity contribution < 1.29 is 9.84 Å². The maximum absolute atomic E-state index is 9.75. The van der Waals surface area contributed by atoms with E-state index >= 15 is 0 Å². The van der Waals surface area contributed by atoms with Crippen molar-refractivity contribution >= 4 is 0 Å². The van der Waals surface area contributed by atoms with Crippen LogP contribution in [0.1, 0.15) is 51.9 Å². The molecule has 1 aromatic carbocycles. The fourth-order valence-electron chi connectivity index (χ4n) is 1.96. The van der Waals surface area contributed by atoms with Crippen molar-refractivity contribution in [3.8, 4) is 5.75 Å². The number of hydrogen-bond donors (Lipinski definition) is 1. The van der Waals surface area contributed by atoms with Gasteiger partial charge in [-0.1, -0.05) is 44.4 Å². The Labute approximate surface area is 111 Å². The van der Waals surface area contributed by atoms with E-state index in [1.165, 1.54) is 12.8 Å². The first-order valence-electron chi connectivity index (χ1n) is 7.19. The Bertz CT molecular complexity index is 284. The van der Waals surface area contributed by atoms with Gasteiger partial charge in [-0.2, -0.15) is 0 Å². The van der Waals surface area contributed by atoms with E-state index in [1.54, 1.807) is 0 Å². The lowest BCUT2D eigenvalue weighted by molar-refractivity contribution is 0.145. The van der Waals surface area contributed by atoms with Gasteiger partial charge in [0.05, 0.1) is 12.7 Å². The lowest BCUT2D eigenvalue weighted by atomic mass is 10.1. The van der Waals surface area contributed by atoms with Crippen LogP contribution < -0.4 is 4.74 Å². The zero-order chi connectivity index (χ0) is 13.1. The van der Waals surface area contributed by atoms with Gasteiger partial charge < -0.3 is 9.84 Å². The average Bonchev–Trinajstić information content (AvgIpc) is 2.40. The number of aliphatic hydroxyl groups excluding tert-OH is 1. The molecule has 0 amide bonds. The monoisotopic (exact) mass is 250 g/mol. The van der Waals surface area contributed by atoms with E-state index < -0.39 is 0 Å². The highest BCUT2D eigenvalue weighted by Gasteiger charge is 2.03. The summed E-state index contributed by atoms with van der Waals surface area (Å²) in [7, 11) is 0. The van der Waals surface area contributed by atoms with Gasteiger partial charge in [0.25, 0.3) is 0 Å². The zero-order valence-electron chi connectivity index (χ0n) is 11.5. The minimum absolute atomic E-state index is 0.117. The van der Waals surface area contributed by atoms with Crippen molar-refractivity contribution in [2.45, 2.75) is 58.0 Å². The topological polar surface area (TPSA) is 29.5 Å². The van der Waals surface area contributed by atoms with Crippen molar-refractivity contribution in [1.82, 2.24) is 0 Å². The molecule has 1 rings (SSSR count). The molecule has 1 unspecified atom stereocenters. The third-order valence-electron chi connectivity index (χ3n) is 3.08. The first kappa shape index (κ1) is 15.0. The molecule has 2 heteroatoms. The molecule has 0 aliphatic carbocycles. The molecule has 0 aromatic heterocycles. The number of hydrogen-bond acceptors (Lipinski definition) is 2. The summed E-state index contributed by atoms with van der Waals surface area (Å²) in [6.07, 6.45) is 7.40. The van der Waals surface area contributed by atoms with Crippen LogP contribution in [0.5, 0.6) is 5.75 Å². The number of ether oxygens (including phenoxy) is 1. The predicted molar refractivity (Wildman–Crippen MR) is 75.9 cm³/mol. The van der Waals surface area contributed by atoms with E-state index in [0.717, 1.165) is 44.5 Å². The van der Waals surface area contributed by atoms with Crippen LogP contribution in [0, 0.1) is 0 Å². The van der Waals surface area contributed by atoms with Gasteiger partial charge in [0.2, 0.25) is 0 Å². The van der Waals surface area contributed by atoms with Crippen LogP contribution in [0.2, 0.25) is 0 Å². The van der Waals surface area contributed by atoms with E-state index in [2.05, 4.69) is 6.92 Å². The van der Waals surface area contributed by atoms with Crippen LogP contribution in [0.3, 0.4) is 0 Å². The van der Waals surface area contributed by atoms with Gasteiger partial charge in [-0.05, 0) is 37.8 Å². The standard InChI is InChI=1S/C16H26O2/c1-2-3-5-10-15(17)11-8-9-14-18-16-12-6-4-7-13-16/h4,6-7,12-13,15,17H,2-3,5,8-11,14H2,1H3. The van der Waals surface area contributed by atoms with Crippen LogP contribution in [0.4, 0.5) is 0 Å². The molecule has 0 fully saturated rings. The zero-order valence-corrected chi connectivity index (χ0v) is 11.5. The SMILES string of the molecule is CCCCCC(O)CCCCOc1ccccc1. The van der Waals surface area contributed by atoms with Gasteiger partial charge >= 0.3 is 0 Å². The van der Waals surface area contributed by atoms with Gasteiger partial charge in [0.15, 0.2) is 0 Å². The van der Waals surface area contributed by atoms with Gasteiger partial charge in [0, 0.05) is 0 Å². The summed E-state index contributed by atoms with van der Waals surface area (Å²) in [5, 5.41) is 9.75. The summed E-state index contributed by atoms with van der Waals surface area (Å²) in [5.41, 5.74) is 0. The van der Waals surface area contributed by atoms with Crippen LogP contribution in [-0.2, 0) is 0 Å². The number of rotatable bonds is 10. The molecule has 1 aromatic rings. The predicted octanol–water partition coefficient (Wildman–Crippen LogP) is 4.18. The maximum atomic E-state index is 9.75. The van der Waals surface area contributed by atoms with Crippen molar-refractivity contribution in [1.29, 1.82) is 0 Å². The largest absolute Gasteiger partial charge is 0.494 e. The van der Waals surface area contributed by atoms with Crippen LogP contribution in [0.15, 0.2) is 30.3 Å². The summed E-state index contributed by atoms with van der Waals surface area (Å²) in [6, 6.07) is 9.89. The van der Waals surface area contributed by atoms with Crippen molar-refractivity contribution in [2.24, 2.45) is 0 Å². The van der Waals surface area contributed by atoms with Gasteiger partial charge in [0.1, 0.15) is 5.75 Å². The molecule has 1 atom stereocenters. The fourth-order valence-corrected chi connectivity index (χ4v) is 1.96. The Balaban J connectivity index is 1.95. The Kier molecular flexibility index (Phi) is 8.32. The molecule has 0 spiro atoms. The van der Waals surface area contributed by atoms with E-state index in [0.29, 0.717) is 0 Å². The molecule has 1 N–H and O–H groups in total. The van der Waals surface area contributed by atoms with Crippen molar-refractivity contribution in [2.75, 3.05) is 6.61 Å². The Morgan fingerprint density at radius 3 is 2.33 bits per heavy atom. The quantitative estimate of drug-likeness (QED) is 0.631. The maximum Gasteiger partial charge on any atom is 0.119 e. The van der Waals surface area contributed by atoms with Gasteiger partial charge in [-0.15, -0.1) is 0 Å². The summed E-state index contributed by atoms with van der Waals surface area (Å²) in [5.74, 6) is 0.931. The van der Waals surface area contributed by atoms with Crippen molar-refractivity contribution in [3.63, 3.8) is 0 Å². The normalized spacial score (nSPS) is 12.3. The molecule has 0 saturated carbocycles. The molecule has 0 saturated heterocycles. The molecule has 102 valence electrons. The average molecular weight is 250 g/mol. The van der Waals surface area contributed by atoms with Gasteiger partial charge in [-0.3, -0.25) is 0 Å². The van der Waals surface area contributed by atoms with Crippen LogP contribution in [-0.4, -0.2) is 17.8 Å². The van der Waals surface area contributed by atoms with Crippen LogP contribution in [0.25, 0.3) is 0 Å². The molecule has 0 bridgehead atoms. The summed E-state index contributed by atoms with van der Waals surface area (Å²) < 4.78 is 5.60. The smallest absolute Gasteiger partial charge is 0.119 e. The minimum atomic E-state index is -0.117. The lowest BCUT2D eigenvalue weighted by Gasteiger charge is -2.10. The highest BCUT2D eigenvalue weighted by Crippen LogP contribution is 2.11. The number of unbranched alkanes of at least 4 members (excludes halogenated alkanes) is 3. The molecule has 0 aliphatic heterocycles. The van der Waals surface area contributed by atoms with Crippen molar-refractivity contribution in [3.05, 3.63) is 30.3 Å². The summed E-state index contributed by atoms with van der Waals surface area (Å²) in [4.78, 5) is 0. The first-order chi connectivity index (χ1) is 8.83. The fraction of sp³-hybridized carbons (Fsp3) is 0.625. The third kappa shape index (κ3) is 7.33. The van der Waals surface area contributed by atoms with Gasteiger partial charge in [-0.25, -0.2) is 0 Å². The molecular formula is C16H26O2. The highest BCUT2D eigenvalue weighted by molar-refractivity contribution is 5.20. The van der Waals surface area contributed by atoms with Crippen LogP contribution >= 0.6 is 0 Å². The highest BCUT2D eigenvalue weighted by atomic mass is 16.5. The minimum Gasteiger partial charge on any atom is -0.494 e. The third-order valence-corrected chi connectivity index (χ3v) is 3.08.